The van der Waals surface area contributed by atoms with Gasteiger partial charge in [-0.2, -0.15) is 0 Å². The molecule has 4 nitrogen and oxygen atoms in total. The van der Waals surface area contributed by atoms with Crippen LogP contribution in [0.3, 0.4) is 0 Å². The number of hydrogen-bond acceptors (Lipinski definition) is 4. The molecular formula is C17H17F2N3O. The van der Waals surface area contributed by atoms with E-state index in [0.29, 0.717) is 11.1 Å². The highest BCUT2D eigenvalue weighted by molar-refractivity contribution is 5.80. The fourth-order valence-corrected chi connectivity index (χ4v) is 2.24. The predicted molar refractivity (Wildman–Crippen MR) is 86.4 cm³/mol. The van der Waals surface area contributed by atoms with Crippen molar-refractivity contribution in [2.75, 3.05) is 32.5 Å². The average molecular weight is 317 g/mol. The molecule has 6 heteroatoms. The minimum absolute atomic E-state index is 0.142. The molecule has 0 radical (unpaired) electrons. The molecular weight excluding hydrogens is 300 g/mol. The van der Waals surface area contributed by atoms with Crippen LogP contribution in [0.2, 0.25) is 0 Å². The highest BCUT2D eigenvalue weighted by Crippen LogP contribution is 2.28. The van der Waals surface area contributed by atoms with Crippen LogP contribution in [-0.4, -0.2) is 37.1 Å². The van der Waals surface area contributed by atoms with Crippen LogP contribution in [0.1, 0.15) is 0 Å². The summed E-state index contributed by atoms with van der Waals surface area (Å²) in [7, 11) is 4.01. The highest BCUT2D eigenvalue weighted by atomic mass is 19.1. The van der Waals surface area contributed by atoms with Crippen molar-refractivity contribution in [3.8, 4) is 11.5 Å². The summed E-state index contributed by atoms with van der Waals surface area (Å²) in [5, 5.41) is 3.28. The summed E-state index contributed by atoms with van der Waals surface area (Å²) < 4.78 is 32.4. The topological polar surface area (TPSA) is 41.3 Å². The molecule has 1 heterocycles. The van der Waals surface area contributed by atoms with Crippen molar-refractivity contribution < 1.29 is 13.2 Å². The van der Waals surface area contributed by atoms with E-state index in [1.54, 1.807) is 0 Å². The minimum Gasteiger partial charge on any atom is -0.436 e. The van der Waals surface area contributed by atoms with Gasteiger partial charge in [0.15, 0.2) is 5.58 Å². The maximum atomic E-state index is 13.8. The smallest absolute Gasteiger partial charge is 0.230 e. The Morgan fingerprint density at radius 2 is 1.96 bits per heavy atom. The average Bonchev–Trinajstić information content (AvgIpc) is 2.89. The van der Waals surface area contributed by atoms with Crippen molar-refractivity contribution in [3.05, 3.63) is 48.0 Å². The van der Waals surface area contributed by atoms with Crippen LogP contribution in [0.5, 0.6) is 0 Å². The Morgan fingerprint density at radius 1 is 1.13 bits per heavy atom. The molecule has 1 N–H and O–H groups in total. The fraction of sp³-hybridized carbons (Fsp3) is 0.235. The van der Waals surface area contributed by atoms with E-state index in [1.807, 2.05) is 32.3 Å². The zero-order chi connectivity index (χ0) is 16.4. The standard InChI is InChI=1S/C17H17F2N3O/c1-22(2)8-7-20-12-4-6-15-16(10-12)23-17(21-15)13-5-3-11(18)9-14(13)19/h3-6,9-10,20H,7-8H2,1-2H3. The van der Waals surface area contributed by atoms with Crippen LogP contribution < -0.4 is 5.32 Å². The monoisotopic (exact) mass is 317 g/mol. The third-order valence-corrected chi connectivity index (χ3v) is 3.44. The Labute approximate surface area is 132 Å². The first-order valence-electron chi connectivity index (χ1n) is 7.27. The normalized spacial score (nSPS) is 11.3. The van der Waals surface area contributed by atoms with Crippen LogP contribution in [0.15, 0.2) is 40.8 Å². The SMILES string of the molecule is CN(C)CCNc1ccc2nc(-c3ccc(F)cc3F)oc2c1. The van der Waals surface area contributed by atoms with Gasteiger partial charge in [-0.1, -0.05) is 0 Å². The third kappa shape index (κ3) is 3.48. The molecule has 2 aromatic carbocycles. The van der Waals surface area contributed by atoms with Crippen molar-refractivity contribution in [1.29, 1.82) is 0 Å². The second-order valence-corrected chi connectivity index (χ2v) is 5.56. The van der Waals surface area contributed by atoms with Gasteiger partial charge in [0.1, 0.15) is 17.2 Å². The number of benzene rings is 2. The van der Waals surface area contributed by atoms with E-state index in [-0.39, 0.29) is 11.5 Å². The maximum Gasteiger partial charge on any atom is 0.230 e. The zero-order valence-corrected chi connectivity index (χ0v) is 12.9. The Balaban J connectivity index is 1.87. The van der Waals surface area contributed by atoms with Gasteiger partial charge >= 0.3 is 0 Å². The van der Waals surface area contributed by atoms with Crippen molar-refractivity contribution in [2.45, 2.75) is 0 Å². The molecule has 0 bridgehead atoms. The molecule has 0 saturated heterocycles. The van der Waals surface area contributed by atoms with E-state index in [0.717, 1.165) is 24.8 Å². The van der Waals surface area contributed by atoms with Gasteiger partial charge in [-0.25, -0.2) is 13.8 Å². The summed E-state index contributed by atoms with van der Waals surface area (Å²) in [6, 6.07) is 8.85. The predicted octanol–water partition coefficient (Wildman–Crippen LogP) is 3.75. The quantitative estimate of drug-likeness (QED) is 0.778. The van der Waals surface area contributed by atoms with Crippen LogP contribution in [0, 0.1) is 11.6 Å². The molecule has 3 rings (SSSR count). The van der Waals surface area contributed by atoms with Gasteiger partial charge in [-0.3, -0.25) is 0 Å². The molecule has 0 fully saturated rings. The van der Waals surface area contributed by atoms with Gasteiger partial charge in [0.25, 0.3) is 0 Å². The molecule has 120 valence electrons. The van der Waals surface area contributed by atoms with Crippen LogP contribution in [0.4, 0.5) is 14.5 Å². The largest absolute Gasteiger partial charge is 0.436 e. The molecule has 3 aromatic rings. The number of nitrogens with zero attached hydrogens (tertiary/aromatic N) is 2. The zero-order valence-electron chi connectivity index (χ0n) is 12.9. The number of likely N-dealkylation sites (N-methyl/N-ethyl adjacent to an activating group) is 1. The van der Waals surface area contributed by atoms with Gasteiger partial charge < -0.3 is 14.6 Å². The molecule has 0 saturated carbocycles. The molecule has 0 spiro atoms. The van der Waals surface area contributed by atoms with Crippen molar-refractivity contribution in [2.24, 2.45) is 0 Å². The molecule has 0 aliphatic rings. The van der Waals surface area contributed by atoms with Crippen LogP contribution >= 0.6 is 0 Å². The van der Waals surface area contributed by atoms with Gasteiger partial charge in [-0.15, -0.1) is 0 Å². The third-order valence-electron chi connectivity index (χ3n) is 3.44. The first kappa shape index (κ1) is 15.4. The van der Waals surface area contributed by atoms with Gasteiger partial charge in [0, 0.05) is 30.9 Å². The summed E-state index contributed by atoms with van der Waals surface area (Å²) in [6.45, 7) is 1.70. The van der Waals surface area contributed by atoms with Crippen LogP contribution in [0.25, 0.3) is 22.6 Å². The van der Waals surface area contributed by atoms with Gasteiger partial charge in [0.2, 0.25) is 5.89 Å². The Morgan fingerprint density at radius 3 is 2.70 bits per heavy atom. The Bertz CT molecular complexity index is 830. The van der Waals surface area contributed by atoms with Crippen molar-refractivity contribution >= 4 is 16.8 Å². The van der Waals surface area contributed by atoms with E-state index in [9.17, 15) is 8.78 Å². The maximum absolute atomic E-state index is 13.8. The Kier molecular flexibility index (Phi) is 4.25. The van der Waals surface area contributed by atoms with Crippen molar-refractivity contribution in [1.82, 2.24) is 9.88 Å². The second-order valence-electron chi connectivity index (χ2n) is 5.56. The number of nitrogens with one attached hydrogen (secondary N) is 1. The number of rotatable bonds is 5. The number of oxazole rings is 1. The highest BCUT2D eigenvalue weighted by Gasteiger charge is 2.13. The van der Waals surface area contributed by atoms with Crippen molar-refractivity contribution in [3.63, 3.8) is 0 Å². The second kappa shape index (κ2) is 6.34. The van der Waals surface area contributed by atoms with Crippen LogP contribution in [-0.2, 0) is 0 Å². The summed E-state index contributed by atoms with van der Waals surface area (Å²) >= 11 is 0. The van der Waals surface area contributed by atoms with E-state index < -0.39 is 11.6 Å². The summed E-state index contributed by atoms with van der Waals surface area (Å²) in [5.74, 6) is -1.18. The number of hydrogen-bond donors (Lipinski definition) is 1. The van der Waals surface area contributed by atoms with Gasteiger partial charge in [-0.05, 0) is 38.4 Å². The summed E-state index contributed by atoms with van der Waals surface area (Å²) in [5.41, 5.74) is 2.23. The number of halogens is 2. The lowest BCUT2D eigenvalue weighted by atomic mass is 10.2. The molecule has 0 aliphatic heterocycles. The molecule has 0 amide bonds. The van der Waals surface area contributed by atoms with E-state index in [4.69, 9.17) is 4.42 Å². The molecule has 0 aliphatic carbocycles. The lowest BCUT2D eigenvalue weighted by molar-refractivity contribution is 0.425. The molecule has 23 heavy (non-hydrogen) atoms. The lowest BCUT2D eigenvalue weighted by Gasteiger charge is -2.10. The van der Waals surface area contributed by atoms with E-state index >= 15 is 0 Å². The van der Waals surface area contributed by atoms with E-state index in [1.165, 1.54) is 12.1 Å². The minimum atomic E-state index is -0.694. The lowest BCUT2D eigenvalue weighted by Crippen LogP contribution is -2.20. The summed E-state index contributed by atoms with van der Waals surface area (Å²) in [6.07, 6.45) is 0. The summed E-state index contributed by atoms with van der Waals surface area (Å²) in [4.78, 5) is 6.34. The molecule has 0 atom stereocenters. The van der Waals surface area contributed by atoms with E-state index in [2.05, 4.69) is 15.2 Å². The molecule has 0 unspecified atom stereocenters. The number of fused-ring (bicyclic) bond motifs is 1. The van der Waals surface area contributed by atoms with Gasteiger partial charge in [0.05, 0.1) is 5.56 Å². The molecule has 1 aromatic heterocycles. The Hall–Kier alpha value is -2.47. The first-order valence-corrected chi connectivity index (χ1v) is 7.27. The fourth-order valence-electron chi connectivity index (χ4n) is 2.24. The number of anilines is 1. The first-order chi connectivity index (χ1) is 11.0. The number of aromatic nitrogens is 1.